The number of piperidine rings is 1. The largest absolute Gasteiger partial charge is 0.497 e. The molecule has 1 fully saturated rings. The Morgan fingerprint density at radius 1 is 1.25 bits per heavy atom. The minimum atomic E-state index is -0.0267. The van der Waals surface area contributed by atoms with Gasteiger partial charge < -0.3 is 24.8 Å². The molecule has 0 bridgehead atoms. The van der Waals surface area contributed by atoms with Gasteiger partial charge in [0.1, 0.15) is 11.5 Å². The molecule has 0 aliphatic carbocycles. The summed E-state index contributed by atoms with van der Waals surface area (Å²) in [5.41, 5.74) is 6.00. The van der Waals surface area contributed by atoms with Crippen LogP contribution in [0.2, 0.25) is 0 Å². The van der Waals surface area contributed by atoms with E-state index in [2.05, 4.69) is 0 Å². The normalized spacial score (nSPS) is 14.9. The van der Waals surface area contributed by atoms with Crippen molar-refractivity contribution in [3.05, 3.63) is 23.8 Å². The third kappa shape index (κ3) is 5.26. The first-order valence-electron chi connectivity index (χ1n) is 8.02. The van der Waals surface area contributed by atoms with Crippen LogP contribution in [0.25, 0.3) is 0 Å². The van der Waals surface area contributed by atoms with Crippen molar-refractivity contribution in [3.63, 3.8) is 0 Å². The molecule has 1 aliphatic heterocycles. The van der Waals surface area contributed by atoms with Crippen LogP contribution < -0.4 is 15.2 Å². The van der Waals surface area contributed by atoms with E-state index in [0.29, 0.717) is 43.3 Å². The van der Waals surface area contributed by atoms with E-state index in [1.807, 2.05) is 4.90 Å². The zero-order valence-electron chi connectivity index (χ0n) is 14.3. The van der Waals surface area contributed by atoms with Gasteiger partial charge in [0.2, 0.25) is 0 Å². The van der Waals surface area contributed by atoms with Gasteiger partial charge in [-0.3, -0.25) is 4.79 Å². The first-order valence-corrected chi connectivity index (χ1v) is 8.02. The van der Waals surface area contributed by atoms with E-state index in [0.717, 1.165) is 19.3 Å². The topological polar surface area (TPSA) is 74.0 Å². The molecule has 1 heterocycles. The maximum atomic E-state index is 12.7. The van der Waals surface area contributed by atoms with Crippen molar-refractivity contribution in [2.45, 2.75) is 25.4 Å². The lowest BCUT2D eigenvalue weighted by Gasteiger charge is -2.32. The third-order valence-electron chi connectivity index (χ3n) is 4.07. The molecule has 0 unspecified atom stereocenters. The van der Waals surface area contributed by atoms with Gasteiger partial charge in [-0.2, -0.15) is 0 Å². The van der Waals surface area contributed by atoms with Crippen molar-refractivity contribution in [2.24, 2.45) is 5.73 Å². The van der Waals surface area contributed by atoms with Gasteiger partial charge in [-0.15, -0.1) is 12.4 Å². The Hall–Kier alpha value is -1.50. The van der Waals surface area contributed by atoms with Crippen LogP contribution in [-0.2, 0) is 4.74 Å². The third-order valence-corrected chi connectivity index (χ3v) is 4.07. The lowest BCUT2D eigenvalue weighted by molar-refractivity contribution is 0.00837. The van der Waals surface area contributed by atoms with Crippen LogP contribution in [0.5, 0.6) is 11.5 Å². The summed E-state index contributed by atoms with van der Waals surface area (Å²) in [4.78, 5) is 14.6. The highest BCUT2D eigenvalue weighted by Crippen LogP contribution is 2.26. The highest BCUT2D eigenvalue weighted by molar-refractivity contribution is 5.97. The van der Waals surface area contributed by atoms with Crippen molar-refractivity contribution in [1.82, 2.24) is 4.90 Å². The Morgan fingerprint density at radius 3 is 2.54 bits per heavy atom. The number of hydrogen-bond acceptors (Lipinski definition) is 5. The molecular formula is C17H27ClN2O4. The summed E-state index contributed by atoms with van der Waals surface area (Å²) >= 11 is 0. The van der Waals surface area contributed by atoms with Crippen molar-refractivity contribution in [3.8, 4) is 11.5 Å². The summed E-state index contributed by atoms with van der Waals surface area (Å²) in [6, 6.07) is 5.27. The monoisotopic (exact) mass is 358 g/mol. The van der Waals surface area contributed by atoms with E-state index in [1.165, 1.54) is 0 Å². The van der Waals surface area contributed by atoms with Gasteiger partial charge in [-0.05, 0) is 44.0 Å². The highest BCUT2D eigenvalue weighted by atomic mass is 35.5. The fourth-order valence-electron chi connectivity index (χ4n) is 2.71. The summed E-state index contributed by atoms with van der Waals surface area (Å²) in [5, 5.41) is 0. The molecular weight excluding hydrogens is 332 g/mol. The lowest BCUT2D eigenvalue weighted by Crippen LogP contribution is -2.41. The predicted molar refractivity (Wildman–Crippen MR) is 95.3 cm³/mol. The number of methoxy groups -OCH3 is 2. The smallest absolute Gasteiger partial charge is 0.257 e. The number of nitrogens with zero attached hydrogens (tertiary/aromatic N) is 1. The van der Waals surface area contributed by atoms with Gasteiger partial charge in [0.05, 0.1) is 25.9 Å². The first kappa shape index (κ1) is 20.5. The Bertz CT molecular complexity index is 519. The van der Waals surface area contributed by atoms with Crippen molar-refractivity contribution >= 4 is 18.3 Å². The van der Waals surface area contributed by atoms with Crippen LogP contribution in [0.1, 0.15) is 29.6 Å². The molecule has 0 saturated carbocycles. The molecule has 0 spiro atoms. The summed E-state index contributed by atoms with van der Waals surface area (Å²) in [6.07, 6.45) is 2.79. The number of halogens is 1. The molecule has 2 rings (SSSR count). The van der Waals surface area contributed by atoms with E-state index in [1.54, 1.807) is 32.4 Å². The van der Waals surface area contributed by atoms with Crippen molar-refractivity contribution in [2.75, 3.05) is 40.5 Å². The second kappa shape index (κ2) is 10.4. The molecule has 1 saturated heterocycles. The zero-order chi connectivity index (χ0) is 16.7. The predicted octanol–water partition coefficient (Wildman–Crippen LogP) is 2.10. The highest BCUT2D eigenvalue weighted by Gasteiger charge is 2.26. The maximum absolute atomic E-state index is 12.7. The van der Waals surface area contributed by atoms with E-state index >= 15 is 0 Å². The van der Waals surface area contributed by atoms with Crippen LogP contribution in [-0.4, -0.2) is 57.4 Å². The molecule has 0 radical (unpaired) electrons. The number of hydrogen-bond donors (Lipinski definition) is 1. The Balaban J connectivity index is 0.00000288. The molecule has 1 aliphatic rings. The molecule has 6 nitrogen and oxygen atoms in total. The van der Waals surface area contributed by atoms with Crippen LogP contribution in [0.4, 0.5) is 0 Å². The van der Waals surface area contributed by atoms with Crippen molar-refractivity contribution < 1.29 is 19.0 Å². The Labute approximate surface area is 149 Å². The average Bonchev–Trinajstić information content (AvgIpc) is 2.61. The molecule has 2 N–H and O–H groups in total. The van der Waals surface area contributed by atoms with E-state index < -0.39 is 0 Å². The molecule has 7 heteroatoms. The number of carbonyl (C=O) groups is 1. The van der Waals surface area contributed by atoms with Crippen molar-refractivity contribution in [1.29, 1.82) is 0 Å². The van der Waals surface area contributed by atoms with Crippen LogP contribution in [0.15, 0.2) is 18.2 Å². The minimum absolute atomic E-state index is 0. The fourth-order valence-corrected chi connectivity index (χ4v) is 2.71. The number of likely N-dealkylation sites (tertiary alicyclic amines) is 1. The maximum Gasteiger partial charge on any atom is 0.257 e. The minimum Gasteiger partial charge on any atom is -0.497 e. The summed E-state index contributed by atoms with van der Waals surface area (Å²) in [5.74, 6) is 1.19. The van der Waals surface area contributed by atoms with Gasteiger partial charge in [-0.25, -0.2) is 0 Å². The molecule has 1 aromatic carbocycles. The number of nitrogens with two attached hydrogens (primary N) is 1. The Kier molecular flexibility index (Phi) is 8.89. The quantitative estimate of drug-likeness (QED) is 0.755. The number of ether oxygens (including phenoxy) is 3. The SMILES string of the molecule is COc1ccc(OC)c(C(=O)N2CCC(OCCCN)CC2)c1.Cl. The van der Waals surface area contributed by atoms with Gasteiger partial charge in [0.15, 0.2) is 0 Å². The van der Waals surface area contributed by atoms with Gasteiger partial charge >= 0.3 is 0 Å². The first-order chi connectivity index (χ1) is 11.2. The van der Waals surface area contributed by atoms with E-state index in [4.69, 9.17) is 19.9 Å². The number of benzene rings is 1. The summed E-state index contributed by atoms with van der Waals surface area (Å²) in [7, 11) is 3.15. The lowest BCUT2D eigenvalue weighted by atomic mass is 10.1. The molecule has 1 aromatic rings. The molecule has 136 valence electrons. The Morgan fingerprint density at radius 2 is 1.96 bits per heavy atom. The molecule has 1 amide bonds. The molecule has 24 heavy (non-hydrogen) atoms. The standard InChI is InChI=1S/C17H26N2O4.ClH/c1-21-14-4-5-16(22-2)15(12-14)17(20)19-9-6-13(7-10-19)23-11-3-8-18;/h4-5,12-13H,3,6-11,18H2,1-2H3;1H. The fraction of sp³-hybridized carbons (Fsp3) is 0.588. The van der Waals surface area contributed by atoms with Crippen LogP contribution >= 0.6 is 12.4 Å². The second-order valence-electron chi connectivity index (χ2n) is 5.57. The zero-order valence-corrected chi connectivity index (χ0v) is 15.1. The van der Waals surface area contributed by atoms with Crippen LogP contribution in [0.3, 0.4) is 0 Å². The number of rotatable bonds is 7. The van der Waals surface area contributed by atoms with Gasteiger partial charge in [0, 0.05) is 19.7 Å². The summed E-state index contributed by atoms with van der Waals surface area (Å²) in [6.45, 7) is 2.71. The van der Waals surface area contributed by atoms with Crippen LogP contribution in [0, 0.1) is 0 Å². The van der Waals surface area contributed by atoms with Gasteiger partial charge in [-0.1, -0.05) is 0 Å². The molecule has 0 aromatic heterocycles. The molecule has 0 atom stereocenters. The van der Waals surface area contributed by atoms with E-state index in [-0.39, 0.29) is 24.4 Å². The second-order valence-corrected chi connectivity index (χ2v) is 5.57. The van der Waals surface area contributed by atoms with Gasteiger partial charge in [0.25, 0.3) is 5.91 Å². The number of amides is 1. The average molecular weight is 359 g/mol. The number of carbonyl (C=O) groups excluding carboxylic acids is 1. The summed E-state index contributed by atoms with van der Waals surface area (Å²) < 4.78 is 16.3. The van der Waals surface area contributed by atoms with E-state index in [9.17, 15) is 4.79 Å².